The van der Waals surface area contributed by atoms with Gasteiger partial charge in [-0.1, -0.05) is 52.6 Å². The second-order valence-corrected chi connectivity index (χ2v) is 9.75. The lowest BCUT2D eigenvalue weighted by Crippen LogP contribution is -2.40. The Morgan fingerprint density at radius 3 is 2.58 bits per heavy atom. The Kier molecular flexibility index (Phi) is 8.36. The van der Waals surface area contributed by atoms with E-state index in [4.69, 9.17) is 32.8 Å². The quantitative estimate of drug-likeness (QED) is 0.556. The standard InChI is InChI=1S/C24H30Cl2N2O3/c1-24(2,3)30-16-21(29)14-28(13-17-5-4-6-20(26)11-17)15-22-12-23(27-31-22)18-7-9-19(25)10-8-18/h4-11,21-22,29H,12-16H2,1-3H3/t21-,22-/m0/s1. The molecule has 1 aliphatic rings. The molecule has 0 saturated heterocycles. The molecule has 0 aliphatic carbocycles. The number of hydrogen-bond donors (Lipinski definition) is 1. The molecule has 2 aromatic carbocycles. The van der Waals surface area contributed by atoms with E-state index in [0.717, 1.165) is 16.8 Å². The van der Waals surface area contributed by atoms with Crippen molar-refractivity contribution in [3.63, 3.8) is 0 Å². The first kappa shape index (κ1) is 24.0. The molecule has 2 atom stereocenters. The van der Waals surface area contributed by atoms with Crippen LogP contribution in [0.15, 0.2) is 53.7 Å². The van der Waals surface area contributed by atoms with E-state index < -0.39 is 6.10 Å². The van der Waals surface area contributed by atoms with Crippen molar-refractivity contribution in [2.24, 2.45) is 5.16 Å². The zero-order chi connectivity index (χ0) is 22.4. The third-order valence-corrected chi connectivity index (χ3v) is 5.33. The number of rotatable bonds is 9. The Bertz CT molecular complexity index is 881. The summed E-state index contributed by atoms with van der Waals surface area (Å²) in [4.78, 5) is 7.87. The van der Waals surface area contributed by atoms with E-state index >= 15 is 0 Å². The highest BCUT2D eigenvalue weighted by Gasteiger charge is 2.26. The lowest BCUT2D eigenvalue weighted by Gasteiger charge is -2.28. The predicted molar refractivity (Wildman–Crippen MR) is 126 cm³/mol. The van der Waals surface area contributed by atoms with Gasteiger partial charge in [0.05, 0.1) is 24.0 Å². The summed E-state index contributed by atoms with van der Waals surface area (Å²) in [6.45, 7) is 7.93. The zero-order valence-electron chi connectivity index (χ0n) is 18.2. The third kappa shape index (κ3) is 8.09. The highest BCUT2D eigenvalue weighted by molar-refractivity contribution is 6.31. The molecular weight excluding hydrogens is 435 g/mol. The number of hydrogen-bond acceptors (Lipinski definition) is 5. The monoisotopic (exact) mass is 464 g/mol. The highest BCUT2D eigenvalue weighted by atomic mass is 35.5. The Labute approximate surface area is 194 Å². The number of ether oxygens (including phenoxy) is 1. The van der Waals surface area contributed by atoms with Gasteiger partial charge in [0, 0.05) is 36.1 Å². The number of benzene rings is 2. The van der Waals surface area contributed by atoms with Crippen LogP contribution < -0.4 is 0 Å². The summed E-state index contributed by atoms with van der Waals surface area (Å²) in [5.41, 5.74) is 2.69. The maximum atomic E-state index is 10.6. The SMILES string of the molecule is CC(C)(C)OC[C@@H](O)CN(Cc1cccc(Cl)c1)C[C@@H]1CC(c2ccc(Cl)cc2)=NO1. The molecule has 0 fully saturated rings. The van der Waals surface area contributed by atoms with Gasteiger partial charge in [-0.05, 0) is 56.2 Å². The predicted octanol–water partition coefficient (Wildman–Crippen LogP) is 5.16. The van der Waals surface area contributed by atoms with Gasteiger partial charge in [0.15, 0.2) is 0 Å². The minimum Gasteiger partial charge on any atom is -0.390 e. The van der Waals surface area contributed by atoms with Gasteiger partial charge in [0.25, 0.3) is 0 Å². The van der Waals surface area contributed by atoms with Crippen LogP contribution in [0.3, 0.4) is 0 Å². The van der Waals surface area contributed by atoms with E-state index in [0.29, 0.717) is 36.1 Å². The molecule has 3 rings (SSSR count). The smallest absolute Gasteiger partial charge is 0.145 e. The molecule has 7 heteroatoms. The van der Waals surface area contributed by atoms with Crippen molar-refractivity contribution in [1.82, 2.24) is 4.90 Å². The van der Waals surface area contributed by atoms with Gasteiger partial charge in [0.1, 0.15) is 6.10 Å². The summed E-state index contributed by atoms with van der Waals surface area (Å²) >= 11 is 12.1. The van der Waals surface area contributed by atoms with Crippen LogP contribution in [0, 0.1) is 0 Å². The van der Waals surface area contributed by atoms with Crippen LogP contribution in [0.5, 0.6) is 0 Å². The van der Waals surface area contributed by atoms with Crippen molar-refractivity contribution in [3.8, 4) is 0 Å². The normalized spacial score (nSPS) is 17.5. The Hall–Kier alpha value is -1.63. The van der Waals surface area contributed by atoms with E-state index in [1.807, 2.05) is 69.3 Å². The summed E-state index contributed by atoms with van der Waals surface area (Å²) in [6.07, 6.45) is -0.0144. The zero-order valence-corrected chi connectivity index (χ0v) is 19.7. The summed E-state index contributed by atoms with van der Waals surface area (Å²) in [7, 11) is 0. The molecule has 0 saturated carbocycles. The van der Waals surface area contributed by atoms with Crippen molar-refractivity contribution < 1.29 is 14.7 Å². The minimum absolute atomic E-state index is 0.0967. The second kappa shape index (κ2) is 10.8. The molecule has 0 spiro atoms. The van der Waals surface area contributed by atoms with Crippen molar-refractivity contribution in [2.75, 3.05) is 19.7 Å². The average Bonchev–Trinajstić information content (AvgIpc) is 3.15. The van der Waals surface area contributed by atoms with Gasteiger partial charge in [-0.2, -0.15) is 0 Å². The summed E-state index contributed by atoms with van der Waals surface area (Å²) in [5.74, 6) is 0. The van der Waals surface area contributed by atoms with E-state index in [2.05, 4.69) is 10.1 Å². The second-order valence-electron chi connectivity index (χ2n) is 8.88. The topological polar surface area (TPSA) is 54.3 Å². The number of aliphatic hydroxyl groups is 1. The van der Waals surface area contributed by atoms with E-state index in [1.165, 1.54) is 0 Å². The van der Waals surface area contributed by atoms with Crippen molar-refractivity contribution >= 4 is 28.9 Å². The molecule has 0 bridgehead atoms. The first-order valence-electron chi connectivity index (χ1n) is 10.5. The first-order chi connectivity index (χ1) is 14.7. The fourth-order valence-electron chi connectivity index (χ4n) is 3.42. The molecular formula is C24H30Cl2N2O3. The van der Waals surface area contributed by atoms with Crippen molar-refractivity contribution in [2.45, 2.75) is 51.5 Å². The van der Waals surface area contributed by atoms with Crippen LogP contribution in [0.1, 0.15) is 38.3 Å². The van der Waals surface area contributed by atoms with Crippen molar-refractivity contribution in [1.29, 1.82) is 0 Å². The lowest BCUT2D eigenvalue weighted by molar-refractivity contribution is -0.0600. The van der Waals surface area contributed by atoms with Gasteiger partial charge in [-0.3, -0.25) is 4.90 Å². The van der Waals surface area contributed by atoms with Crippen LogP contribution in [0.25, 0.3) is 0 Å². The lowest BCUT2D eigenvalue weighted by atomic mass is 10.0. The van der Waals surface area contributed by atoms with Crippen LogP contribution >= 0.6 is 23.2 Å². The Morgan fingerprint density at radius 1 is 1.16 bits per heavy atom. The molecule has 0 unspecified atom stereocenters. The molecule has 2 aromatic rings. The maximum absolute atomic E-state index is 10.6. The maximum Gasteiger partial charge on any atom is 0.145 e. The molecule has 1 aliphatic heterocycles. The van der Waals surface area contributed by atoms with Crippen molar-refractivity contribution in [3.05, 3.63) is 69.7 Å². The molecule has 1 N–H and O–H groups in total. The van der Waals surface area contributed by atoms with E-state index in [9.17, 15) is 5.11 Å². The van der Waals surface area contributed by atoms with Crippen LogP contribution in [-0.4, -0.2) is 53.2 Å². The van der Waals surface area contributed by atoms with Crippen LogP contribution in [0.2, 0.25) is 10.0 Å². The Balaban J connectivity index is 1.62. The van der Waals surface area contributed by atoms with Gasteiger partial charge < -0.3 is 14.7 Å². The highest BCUT2D eigenvalue weighted by Crippen LogP contribution is 2.21. The van der Waals surface area contributed by atoms with E-state index in [-0.39, 0.29) is 18.3 Å². The molecule has 168 valence electrons. The molecule has 0 aromatic heterocycles. The molecule has 5 nitrogen and oxygen atoms in total. The fraction of sp³-hybridized carbons (Fsp3) is 0.458. The minimum atomic E-state index is -0.614. The molecule has 31 heavy (non-hydrogen) atoms. The van der Waals surface area contributed by atoms with Gasteiger partial charge >= 0.3 is 0 Å². The van der Waals surface area contributed by atoms with Gasteiger partial charge in [-0.25, -0.2) is 0 Å². The summed E-state index contributed by atoms with van der Waals surface area (Å²) in [5, 5.41) is 16.2. The molecule has 0 radical (unpaired) electrons. The van der Waals surface area contributed by atoms with Crippen LogP contribution in [0.4, 0.5) is 0 Å². The third-order valence-electron chi connectivity index (χ3n) is 4.85. The Morgan fingerprint density at radius 2 is 1.90 bits per heavy atom. The molecule has 1 heterocycles. The van der Waals surface area contributed by atoms with Gasteiger partial charge in [-0.15, -0.1) is 0 Å². The first-order valence-corrected chi connectivity index (χ1v) is 11.2. The average molecular weight is 465 g/mol. The molecule has 0 amide bonds. The number of oxime groups is 1. The number of halogens is 2. The van der Waals surface area contributed by atoms with E-state index in [1.54, 1.807) is 0 Å². The fourth-order valence-corrected chi connectivity index (χ4v) is 3.76. The summed E-state index contributed by atoms with van der Waals surface area (Å²) in [6, 6.07) is 15.4. The largest absolute Gasteiger partial charge is 0.390 e. The van der Waals surface area contributed by atoms with Gasteiger partial charge in [0.2, 0.25) is 0 Å². The van der Waals surface area contributed by atoms with Crippen LogP contribution in [-0.2, 0) is 16.1 Å². The number of nitrogens with zero attached hydrogens (tertiary/aromatic N) is 2. The number of aliphatic hydroxyl groups excluding tert-OH is 1. The summed E-state index contributed by atoms with van der Waals surface area (Å²) < 4.78 is 5.75.